The zero-order valence-electron chi connectivity index (χ0n) is 16.8. The molecule has 6 nitrogen and oxygen atoms in total. The van der Waals surface area contributed by atoms with Crippen LogP contribution in [-0.4, -0.2) is 31.6 Å². The molecule has 1 amide bonds. The zero-order valence-corrected chi connectivity index (χ0v) is 17.6. The van der Waals surface area contributed by atoms with Gasteiger partial charge in [-0.25, -0.2) is 4.99 Å². The molecule has 0 aliphatic rings. The number of anilines is 1. The molecule has 30 heavy (non-hydrogen) atoms. The number of aliphatic imine (C=N–C) groups is 1. The Kier molecular flexibility index (Phi) is 9.34. The monoisotopic (exact) mass is 438 g/mol. The van der Waals surface area contributed by atoms with Crippen LogP contribution in [0.2, 0.25) is 5.02 Å². The molecule has 3 N–H and O–H groups in total. The molecule has 0 atom stereocenters. The molecule has 162 valence electrons. The van der Waals surface area contributed by atoms with Crippen molar-refractivity contribution in [1.82, 2.24) is 10.6 Å². The van der Waals surface area contributed by atoms with E-state index < -0.39 is 6.61 Å². The highest BCUT2D eigenvalue weighted by molar-refractivity contribution is 6.30. The van der Waals surface area contributed by atoms with Gasteiger partial charge < -0.3 is 20.7 Å². The van der Waals surface area contributed by atoms with E-state index in [1.165, 1.54) is 19.1 Å². The van der Waals surface area contributed by atoms with Crippen LogP contribution in [0, 0.1) is 0 Å². The van der Waals surface area contributed by atoms with Crippen molar-refractivity contribution >= 4 is 29.2 Å². The highest BCUT2D eigenvalue weighted by Crippen LogP contribution is 2.25. The van der Waals surface area contributed by atoms with Crippen LogP contribution in [0.1, 0.15) is 25.0 Å². The fraction of sp³-hybridized carbons (Fsp3) is 0.333. The third-order valence-corrected chi connectivity index (χ3v) is 4.21. The van der Waals surface area contributed by atoms with Crippen LogP contribution in [-0.2, 0) is 17.8 Å². The maximum Gasteiger partial charge on any atom is 0.387 e. The fourth-order valence-electron chi connectivity index (χ4n) is 2.67. The minimum Gasteiger partial charge on any atom is -0.434 e. The summed E-state index contributed by atoms with van der Waals surface area (Å²) in [4.78, 5) is 15.5. The molecule has 2 aromatic rings. The zero-order chi connectivity index (χ0) is 21.9. The third kappa shape index (κ3) is 8.24. The molecule has 0 fully saturated rings. The Hall–Kier alpha value is -2.87. The van der Waals surface area contributed by atoms with Crippen molar-refractivity contribution in [3.05, 3.63) is 58.6 Å². The molecule has 0 unspecified atom stereocenters. The molecule has 2 aromatic carbocycles. The van der Waals surface area contributed by atoms with E-state index in [0.29, 0.717) is 29.6 Å². The van der Waals surface area contributed by atoms with Crippen LogP contribution in [0.3, 0.4) is 0 Å². The van der Waals surface area contributed by atoms with Crippen LogP contribution in [0.25, 0.3) is 0 Å². The number of amides is 1. The summed E-state index contributed by atoms with van der Waals surface area (Å²) in [5.41, 5.74) is 2.31. The van der Waals surface area contributed by atoms with Gasteiger partial charge in [0.1, 0.15) is 5.75 Å². The van der Waals surface area contributed by atoms with E-state index in [4.69, 9.17) is 11.6 Å². The maximum atomic E-state index is 12.6. The number of alkyl halides is 2. The van der Waals surface area contributed by atoms with Crippen LogP contribution in [0.5, 0.6) is 5.75 Å². The lowest BCUT2D eigenvalue weighted by atomic mass is 10.1. The van der Waals surface area contributed by atoms with Crippen LogP contribution >= 0.6 is 11.6 Å². The van der Waals surface area contributed by atoms with Gasteiger partial charge in [0, 0.05) is 36.3 Å². The van der Waals surface area contributed by atoms with Crippen molar-refractivity contribution in [3.8, 4) is 5.75 Å². The van der Waals surface area contributed by atoms with E-state index in [1.54, 1.807) is 6.07 Å². The van der Waals surface area contributed by atoms with E-state index >= 15 is 0 Å². The number of benzene rings is 2. The summed E-state index contributed by atoms with van der Waals surface area (Å²) in [7, 11) is 0. The predicted octanol–water partition coefficient (Wildman–Crippen LogP) is 4.20. The SMILES string of the molecule is CCNC(=NCc1cc(Cl)ccc1OC(F)F)NCCc1ccc(NC(C)=O)cc1. The Morgan fingerprint density at radius 3 is 2.53 bits per heavy atom. The van der Waals surface area contributed by atoms with E-state index in [1.807, 2.05) is 31.2 Å². The topological polar surface area (TPSA) is 74.8 Å². The first-order valence-electron chi connectivity index (χ1n) is 9.49. The van der Waals surface area contributed by atoms with E-state index in [2.05, 4.69) is 25.7 Å². The third-order valence-electron chi connectivity index (χ3n) is 3.97. The summed E-state index contributed by atoms with van der Waals surface area (Å²) in [5, 5.41) is 9.47. The molecule has 0 saturated heterocycles. The summed E-state index contributed by atoms with van der Waals surface area (Å²) in [6.45, 7) is 1.86. The lowest BCUT2D eigenvalue weighted by Crippen LogP contribution is -2.38. The van der Waals surface area contributed by atoms with Gasteiger partial charge in [0.15, 0.2) is 5.96 Å². The minimum atomic E-state index is -2.92. The van der Waals surface area contributed by atoms with Crippen molar-refractivity contribution in [2.75, 3.05) is 18.4 Å². The Labute approximate surface area is 179 Å². The quantitative estimate of drug-likeness (QED) is 0.405. The number of guanidine groups is 1. The maximum absolute atomic E-state index is 12.6. The smallest absolute Gasteiger partial charge is 0.387 e. The van der Waals surface area contributed by atoms with Gasteiger partial charge in [-0.3, -0.25) is 4.79 Å². The first kappa shape index (κ1) is 23.4. The number of hydrogen-bond acceptors (Lipinski definition) is 3. The first-order valence-corrected chi connectivity index (χ1v) is 9.87. The van der Waals surface area contributed by atoms with Gasteiger partial charge in [-0.05, 0) is 49.2 Å². The Balaban J connectivity index is 1.96. The summed E-state index contributed by atoms with van der Waals surface area (Å²) in [5.74, 6) is 0.487. The summed E-state index contributed by atoms with van der Waals surface area (Å²) in [6, 6.07) is 12.0. The number of rotatable bonds is 9. The molecule has 0 spiro atoms. The number of halogens is 3. The van der Waals surface area contributed by atoms with Crippen LogP contribution in [0.15, 0.2) is 47.5 Å². The molecule has 0 heterocycles. The molecule has 0 aromatic heterocycles. The highest BCUT2D eigenvalue weighted by atomic mass is 35.5. The molecular formula is C21H25ClF2N4O2. The summed E-state index contributed by atoms with van der Waals surface area (Å²) < 4.78 is 29.7. The number of carbonyl (C=O) groups is 1. The highest BCUT2D eigenvalue weighted by Gasteiger charge is 2.10. The van der Waals surface area contributed by atoms with Crippen LogP contribution in [0.4, 0.5) is 14.5 Å². The number of ether oxygens (including phenoxy) is 1. The average Bonchev–Trinajstić information content (AvgIpc) is 2.68. The minimum absolute atomic E-state index is 0.0493. The Morgan fingerprint density at radius 1 is 1.17 bits per heavy atom. The number of nitrogens with zero attached hydrogens (tertiary/aromatic N) is 1. The first-order chi connectivity index (χ1) is 14.4. The Bertz CT molecular complexity index is 861. The Morgan fingerprint density at radius 2 is 1.90 bits per heavy atom. The van der Waals surface area contributed by atoms with Crippen molar-refractivity contribution in [2.24, 2.45) is 4.99 Å². The summed E-state index contributed by atoms with van der Waals surface area (Å²) in [6.07, 6.45) is 0.738. The number of carbonyl (C=O) groups excluding carboxylic acids is 1. The number of nitrogens with one attached hydrogen (secondary N) is 3. The van der Waals surface area contributed by atoms with E-state index in [-0.39, 0.29) is 18.2 Å². The molecular weight excluding hydrogens is 414 g/mol. The largest absolute Gasteiger partial charge is 0.434 e. The van der Waals surface area contributed by atoms with Gasteiger partial charge in [0.25, 0.3) is 0 Å². The van der Waals surface area contributed by atoms with Gasteiger partial charge in [0.2, 0.25) is 5.91 Å². The van der Waals surface area contributed by atoms with Gasteiger partial charge >= 0.3 is 6.61 Å². The molecule has 0 aliphatic heterocycles. The lowest BCUT2D eigenvalue weighted by Gasteiger charge is -2.13. The van der Waals surface area contributed by atoms with Gasteiger partial charge in [-0.1, -0.05) is 23.7 Å². The fourth-order valence-corrected chi connectivity index (χ4v) is 2.87. The normalized spacial score (nSPS) is 11.3. The lowest BCUT2D eigenvalue weighted by molar-refractivity contribution is -0.114. The summed E-state index contributed by atoms with van der Waals surface area (Å²) >= 11 is 5.97. The molecule has 2 rings (SSSR count). The molecule has 0 radical (unpaired) electrons. The van der Waals surface area contributed by atoms with E-state index in [0.717, 1.165) is 17.7 Å². The van der Waals surface area contributed by atoms with Crippen molar-refractivity contribution in [2.45, 2.75) is 33.4 Å². The second kappa shape index (κ2) is 12.0. The van der Waals surface area contributed by atoms with Crippen molar-refractivity contribution in [3.63, 3.8) is 0 Å². The standard InChI is InChI=1S/C21H25ClF2N4O2/c1-3-25-21(26-11-10-15-4-7-18(8-5-15)28-14(2)29)27-13-16-12-17(22)6-9-19(16)30-20(23)24/h4-9,12,20H,3,10-11,13H2,1-2H3,(H,28,29)(H2,25,26,27). The van der Waals surface area contributed by atoms with Gasteiger partial charge in [0.05, 0.1) is 6.54 Å². The van der Waals surface area contributed by atoms with Gasteiger partial charge in [-0.15, -0.1) is 0 Å². The average molecular weight is 439 g/mol. The second-order valence-corrected chi connectivity index (χ2v) is 6.82. The second-order valence-electron chi connectivity index (χ2n) is 6.38. The molecule has 9 heteroatoms. The van der Waals surface area contributed by atoms with Crippen molar-refractivity contribution in [1.29, 1.82) is 0 Å². The van der Waals surface area contributed by atoms with Crippen LogP contribution < -0.4 is 20.7 Å². The molecule has 0 bridgehead atoms. The molecule has 0 aliphatic carbocycles. The predicted molar refractivity (Wildman–Crippen MR) is 115 cm³/mol. The molecule has 0 saturated carbocycles. The van der Waals surface area contributed by atoms with E-state index in [9.17, 15) is 13.6 Å². The van der Waals surface area contributed by atoms with Crippen molar-refractivity contribution < 1.29 is 18.3 Å². The van der Waals surface area contributed by atoms with Gasteiger partial charge in [-0.2, -0.15) is 8.78 Å². The number of hydrogen-bond donors (Lipinski definition) is 3.